The van der Waals surface area contributed by atoms with Crippen LogP contribution in [0.4, 0.5) is 11.9 Å². The average Bonchev–Trinajstić information content (AvgIpc) is 2.80. The number of nitrogens with two attached hydrogens (primary N) is 1. The molecule has 6 heteroatoms. The summed E-state index contributed by atoms with van der Waals surface area (Å²) in [5, 5.41) is 0. The third kappa shape index (κ3) is 2.80. The van der Waals surface area contributed by atoms with E-state index in [2.05, 4.69) is 33.7 Å². The zero-order valence-corrected chi connectivity index (χ0v) is 11.4. The molecule has 1 aromatic rings. The Morgan fingerprint density at radius 3 is 2.71 bits per heavy atom. The van der Waals surface area contributed by atoms with Crippen LogP contribution in [0.3, 0.4) is 0 Å². The monoisotopic (exact) mass is 253 g/mol. The molecule has 2 heterocycles. The van der Waals surface area contributed by atoms with Crippen LogP contribution in [0.25, 0.3) is 0 Å². The fourth-order valence-corrected chi connectivity index (χ4v) is 3.07. The van der Waals surface area contributed by atoms with Crippen LogP contribution in [0.15, 0.2) is 0 Å². The van der Waals surface area contributed by atoms with Crippen LogP contribution in [-0.4, -0.2) is 39.5 Å². The van der Waals surface area contributed by atoms with Gasteiger partial charge in [-0.1, -0.05) is 13.8 Å². The van der Waals surface area contributed by atoms with Crippen molar-refractivity contribution in [2.24, 2.45) is 0 Å². The van der Waals surface area contributed by atoms with Crippen molar-refractivity contribution >= 4 is 23.7 Å². The summed E-state index contributed by atoms with van der Waals surface area (Å²) in [6.07, 6.45) is 1.18. The lowest BCUT2D eigenvalue weighted by Crippen LogP contribution is -2.33. The van der Waals surface area contributed by atoms with Crippen LogP contribution in [0.1, 0.15) is 32.0 Å². The second-order valence-corrected chi connectivity index (χ2v) is 5.78. The highest BCUT2D eigenvalue weighted by Gasteiger charge is 2.23. The first-order valence-electron chi connectivity index (χ1n) is 5.90. The molecular weight excluding hydrogens is 234 g/mol. The van der Waals surface area contributed by atoms with Crippen molar-refractivity contribution in [2.75, 3.05) is 29.2 Å². The lowest BCUT2D eigenvalue weighted by molar-refractivity contribution is 0.667. The lowest BCUT2D eigenvalue weighted by atomic mass is 10.2. The van der Waals surface area contributed by atoms with Gasteiger partial charge in [0.25, 0.3) is 0 Å². The van der Waals surface area contributed by atoms with E-state index in [4.69, 9.17) is 5.73 Å². The number of anilines is 2. The van der Waals surface area contributed by atoms with Gasteiger partial charge in [0, 0.05) is 24.8 Å². The number of hydrogen-bond acceptors (Lipinski definition) is 6. The normalized spacial score (nSPS) is 19.9. The summed E-state index contributed by atoms with van der Waals surface area (Å²) in [5.41, 5.74) is 5.74. The van der Waals surface area contributed by atoms with Crippen molar-refractivity contribution in [3.8, 4) is 0 Å². The topological polar surface area (TPSA) is 67.9 Å². The lowest BCUT2D eigenvalue weighted by Gasteiger charge is -2.24. The molecule has 0 amide bonds. The van der Waals surface area contributed by atoms with Gasteiger partial charge in [0.2, 0.25) is 11.9 Å². The first-order valence-corrected chi connectivity index (χ1v) is 7.05. The second-order valence-electron chi connectivity index (χ2n) is 4.63. The van der Waals surface area contributed by atoms with E-state index < -0.39 is 0 Å². The molecule has 1 aliphatic heterocycles. The van der Waals surface area contributed by atoms with Crippen LogP contribution in [0.5, 0.6) is 0 Å². The molecule has 0 bridgehead atoms. The Balaban J connectivity index is 2.24. The molecule has 2 rings (SSSR count). The van der Waals surface area contributed by atoms with Gasteiger partial charge < -0.3 is 10.6 Å². The van der Waals surface area contributed by atoms with E-state index in [-0.39, 0.29) is 5.92 Å². The maximum absolute atomic E-state index is 5.74. The Morgan fingerprint density at radius 1 is 1.35 bits per heavy atom. The molecule has 5 nitrogen and oxygen atoms in total. The molecule has 2 N–H and O–H groups in total. The molecule has 1 aromatic heterocycles. The van der Waals surface area contributed by atoms with Gasteiger partial charge in [-0.05, 0) is 12.2 Å². The van der Waals surface area contributed by atoms with Gasteiger partial charge in [-0.3, -0.25) is 0 Å². The minimum atomic E-state index is 0.269. The Kier molecular flexibility index (Phi) is 3.71. The summed E-state index contributed by atoms with van der Waals surface area (Å²) in [7, 11) is 2.04. The molecule has 1 atom stereocenters. The maximum Gasteiger partial charge on any atom is 0.230 e. The number of thioether (sulfide) groups is 1. The summed E-state index contributed by atoms with van der Waals surface area (Å²) in [4.78, 5) is 15.0. The van der Waals surface area contributed by atoms with Crippen LogP contribution < -0.4 is 10.6 Å². The number of hydrogen-bond donors (Lipinski definition) is 1. The Bertz CT molecular complexity index is 389. The third-order valence-electron chi connectivity index (χ3n) is 2.94. The quantitative estimate of drug-likeness (QED) is 0.881. The zero-order valence-electron chi connectivity index (χ0n) is 10.6. The Morgan fingerprint density at radius 2 is 2.12 bits per heavy atom. The summed E-state index contributed by atoms with van der Waals surface area (Å²) in [6, 6.07) is 0.516. The molecule has 0 aromatic carbocycles. The van der Waals surface area contributed by atoms with E-state index in [1.165, 1.54) is 12.2 Å². The molecule has 0 saturated carbocycles. The van der Waals surface area contributed by atoms with Crippen LogP contribution in [-0.2, 0) is 0 Å². The summed E-state index contributed by atoms with van der Waals surface area (Å²) >= 11 is 1.98. The van der Waals surface area contributed by atoms with Crippen molar-refractivity contribution in [3.63, 3.8) is 0 Å². The molecule has 0 radical (unpaired) electrons. The van der Waals surface area contributed by atoms with E-state index in [9.17, 15) is 0 Å². The van der Waals surface area contributed by atoms with Gasteiger partial charge in [0.1, 0.15) is 5.82 Å². The standard InChI is InChI=1S/C11H19N5S/c1-7(2)9-13-10(12)15-11(14-9)16(3)8-4-5-17-6-8/h7-8H,4-6H2,1-3H3,(H2,12,13,14,15). The van der Waals surface area contributed by atoms with Gasteiger partial charge in [-0.25, -0.2) is 0 Å². The minimum Gasteiger partial charge on any atom is -0.368 e. The SMILES string of the molecule is CC(C)c1nc(N)nc(N(C)C2CCSC2)n1. The van der Waals surface area contributed by atoms with Crippen LogP contribution >= 0.6 is 11.8 Å². The smallest absolute Gasteiger partial charge is 0.230 e. The van der Waals surface area contributed by atoms with Crippen LogP contribution in [0.2, 0.25) is 0 Å². The molecule has 1 aliphatic rings. The van der Waals surface area contributed by atoms with Crippen LogP contribution in [0, 0.1) is 0 Å². The average molecular weight is 253 g/mol. The maximum atomic E-state index is 5.74. The number of nitrogens with zero attached hydrogens (tertiary/aromatic N) is 4. The molecule has 94 valence electrons. The van der Waals surface area contributed by atoms with Gasteiger partial charge in [-0.15, -0.1) is 0 Å². The van der Waals surface area contributed by atoms with Gasteiger partial charge in [0.05, 0.1) is 0 Å². The largest absolute Gasteiger partial charge is 0.368 e. The number of nitrogen functional groups attached to an aromatic ring is 1. The predicted octanol–water partition coefficient (Wildman–Crippen LogP) is 1.52. The van der Waals surface area contributed by atoms with E-state index in [0.29, 0.717) is 17.9 Å². The van der Waals surface area contributed by atoms with Gasteiger partial charge in [-0.2, -0.15) is 26.7 Å². The van der Waals surface area contributed by atoms with Crippen molar-refractivity contribution in [3.05, 3.63) is 5.82 Å². The molecule has 17 heavy (non-hydrogen) atoms. The molecule has 1 saturated heterocycles. The van der Waals surface area contributed by atoms with E-state index in [1.54, 1.807) is 0 Å². The molecule has 0 aliphatic carbocycles. The fourth-order valence-electron chi connectivity index (χ4n) is 1.80. The van der Waals surface area contributed by atoms with Crippen molar-refractivity contribution in [2.45, 2.75) is 32.2 Å². The third-order valence-corrected chi connectivity index (χ3v) is 4.09. The zero-order chi connectivity index (χ0) is 12.4. The molecule has 1 unspecified atom stereocenters. The second kappa shape index (κ2) is 5.08. The Labute approximate surface area is 106 Å². The highest BCUT2D eigenvalue weighted by Crippen LogP contribution is 2.24. The highest BCUT2D eigenvalue weighted by atomic mass is 32.2. The number of rotatable bonds is 3. The highest BCUT2D eigenvalue weighted by molar-refractivity contribution is 7.99. The predicted molar refractivity (Wildman–Crippen MR) is 72.5 cm³/mol. The molecular formula is C11H19N5S. The Hall–Kier alpha value is -1.04. The van der Waals surface area contributed by atoms with E-state index >= 15 is 0 Å². The first-order chi connectivity index (χ1) is 8.08. The molecule has 0 spiro atoms. The van der Waals surface area contributed by atoms with E-state index in [0.717, 1.165) is 11.6 Å². The molecule has 1 fully saturated rings. The summed E-state index contributed by atoms with van der Waals surface area (Å²) in [6.45, 7) is 4.12. The first kappa shape index (κ1) is 12.4. The fraction of sp³-hybridized carbons (Fsp3) is 0.727. The van der Waals surface area contributed by atoms with Crippen molar-refractivity contribution < 1.29 is 0 Å². The summed E-state index contributed by atoms with van der Waals surface area (Å²) < 4.78 is 0. The summed E-state index contributed by atoms with van der Waals surface area (Å²) in [5.74, 6) is 4.41. The number of aromatic nitrogens is 3. The van der Waals surface area contributed by atoms with Gasteiger partial charge in [0.15, 0.2) is 0 Å². The van der Waals surface area contributed by atoms with E-state index in [1.807, 2.05) is 18.8 Å². The van der Waals surface area contributed by atoms with Crippen molar-refractivity contribution in [1.82, 2.24) is 15.0 Å². The van der Waals surface area contributed by atoms with Crippen molar-refractivity contribution in [1.29, 1.82) is 0 Å². The van der Waals surface area contributed by atoms with Gasteiger partial charge >= 0.3 is 0 Å². The minimum absolute atomic E-state index is 0.269.